The first kappa shape index (κ1) is 16.3. The molecule has 0 aromatic rings. The van der Waals surface area contributed by atoms with Crippen molar-refractivity contribution in [2.24, 2.45) is 17.6 Å². The lowest BCUT2D eigenvalue weighted by atomic mass is 9.98. The van der Waals surface area contributed by atoms with Crippen LogP contribution < -0.4 is 5.73 Å². The van der Waals surface area contributed by atoms with Crippen molar-refractivity contribution < 1.29 is 14.7 Å². The van der Waals surface area contributed by atoms with Crippen LogP contribution in [0.5, 0.6) is 0 Å². The first-order valence-electron chi connectivity index (χ1n) is 6.73. The number of amides is 1. The van der Waals surface area contributed by atoms with Gasteiger partial charge in [-0.1, -0.05) is 34.1 Å². The van der Waals surface area contributed by atoms with Crippen LogP contribution in [0.2, 0.25) is 0 Å². The summed E-state index contributed by atoms with van der Waals surface area (Å²) < 4.78 is 0. The van der Waals surface area contributed by atoms with E-state index in [-0.39, 0.29) is 23.1 Å². The molecule has 0 saturated carbocycles. The fraction of sp³-hybridized carbons (Fsp3) is 0.846. The molecule has 3 unspecified atom stereocenters. The summed E-state index contributed by atoms with van der Waals surface area (Å²) in [6, 6.07) is -1.37. The molecule has 0 radical (unpaired) electrons. The van der Waals surface area contributed by atoms with E-state index in [1.165, 1.54) is 16.7 Å². The number of carbonyl (C=O) groups is 2. The summed E-state index contributed by atoms with van der Waals surface area (Å²) in [5, 5.41) is 9.17. The first-order chi connectivity index (χ1) is 8.81. The van der Waals surface area contributed by atoms with Crippen LogP contribution in [0.15, 0.2) is 0 Å². The number of hydrogen-bond donors (Lipinski definition) is 2. The summed E-state index contributed by atoms with van der Waals surface area (Å²) in [6.45, 7) is 7.89. The van der Waals surface area contributed by atoms with Crippen molar-refractivity contribution in [2.75, 3.05) is 5.75 Å². The average molecular weight is 288 g/mol. The second-order valence-electron chi connectivity index (χ2n) is 5.48. The van der Waals surface area contributed by atoms with E-state index < -0.39 is 18.1 Å². The molecular weight excluding hydrogens is 264 g/mol. The van der Waals surface area contributed by atoms with Gasteiger partial charge in [-0.25, -0.2) is 4.79 Å². The number of carboxylic acid groups (broad SMARTS) is 1. The summed E-state index contributed by atoms with van der Waals surface area (Å²) in [5.74, 6) is -0.467. The molecule has 0 aliphatic carbocycles. The van der Waals surface area contributed by atoms with Crippen molar-refractivity contribution in [2.45, 2.75) is 51.6 Å². The largest absolute Gasteiger partial charge is 0.480 e. The molecule has 0 spiro atoms. The van der Waals surface area contributed by atoms with Crippen LogP contribution in [0.25, 0.3) is 0 Å². The molecule has 19 heavy (non-hydrogen) atoms. The predicted octanol–water partition coefficient (Wildman–Crippen LogP) is 1.37. The number of nitrogens with two attached hydrogens (primary N) is 1. The van der Waals surface area contributed by atoms with E-state index in [0.717, 1.165) is 6.42 Å². The zero-order chi connectivity index (χ0) is 14.7. The molecule has 1 aliphatic rings. The Morgan fingerprint density at radius 3 is 2.42 bits per heavy atom. The Balaban J connectivity index is 2.95. The van der Waals surface area contributed by atoms with Gasteiger partial charge >= 0.3 is 5.97 Å². The van der Waals surface area contributed by atoms with Crippen LogP contribution in [0.1, 0.15) is 34.1 Å². The molecule has 1 fully saturated rings. The van der Waals surface area contributed by atoms with Gasteiger partial charge < -0.3 is 15.7 Å². The van der Waals surface area contributed by atoms with E-state index in [1.807, 2.05) is 27.7 Å². The molecular formula is C13H24N2O3S. The Morgan fingerprint density at radius 2 is 2.00 bits per heavy atom. The SMILES string of the molecule is CCC(C)[C@H](N)C(=O)N1C(C(=O)O)CSC1C(C)C. The Labute approximate surface area is 118 Å². The highest BCUT2D eigenvalue weighted by atomic mass is 32.2. The smallest absolute Gasteiger partial charge is 0.327 e. The fourth-order valence-electron chi connectivity index (χ4n) is 2.18. The maximum absolute atomic E-state index is 12.5. The minimum Gasteiger partial charge on any atom is -0.480 e. The second-order valence-corrected chi connectivity index (χ2v) is 6.63. The quantitative estimate of drug-likeness (QED) is 0.798. The van der Waals surface area contributed by atoms with E-state index in [1.54, 1.807) is 0 Å². The topological polar surface area (TPSA) is 83.6 Å². The molecule has 0 bridgehead atoms. The van der Waals surface area contributed by atoms with Crippen LogP contribution in [-0.4, -0.2) is 45.1 Å². The molecule has 0 aromatic heterocycles. The highest BCUT2D eigenvalue weighted by Crippen LogP contribution is 2.34. The molecule has 3 N–H and O–H groups in total. The summed E-state index contributed by atoms with van der Waals surface area (Å²) >= 11 is 1.53. The molecule has 1 aliphatic heterocycles. The van der Waals surface area contributed by atoms with Crippen molar-refractivity contribution >= 4 is 23.6 Å². The van der Waals surface area contributed by atoms with E-state index in [4.69, 9.17) is 5.73 Å². The summed E-state index contributed by atoms with van der Waals surface area (Å²) in [7, 11) is 0. The predicted molar refractivity (Wildman–Crippen MR) is 76.8 cm³/mol. The maximum Gasteiger partial charge on any atom is 0.327 e. The number of hydrogen-bond acceptors (Lipinski definition) is 4. The lowest BCUT2D eigenvalue weighted by Crippen LogP contribution is -2.54. The Kier molecular flexibility index (Phi) is 5.67. The van der Waals surface area contributed by atoms with Gasteiger partial charge in [0.1, 0.15) is 6.04 Å². The van der Waals surface area contributed by atoms with E-state index >= 15 is 0 Å². The van der Waals surface area contributed by atoms with Gasteiger partial charge in [0.15, 0.2) is 0 Å². The summed E-state index contributed by atoms with van der Waals surface area (Å²) in [6.07, 6.45) is 0.804. The second kappa shape index (κ2) is 6.61. The molecule has 0 aromatic carbocycles. The number of aliphatic carboxylic acids is 1. The third-order valence-corrected chi connectivity index (χ3v) is 5.31. The monoisotopic (exact) mass is 288 g/mol. The van der Waals surface area contributed by atoms with Crippen molar-refractivity contribution in [3.05, 3.63) is 0 Å². The zero-order valence-electron chi connectivity index (χ0n) is 12.0. The molecule has 1 amide bonds. The van der Waals surface area contributed by atoms with Gasteiger partial charge in [-0.15, -0.1) is 11.8 Å². The Bertz CT molecular complexity index is 349. The van der Waals surface area contributed by atoms with Gasteiger partial charge in [0.25, 0.3) is 0 Å². The van der Waals surface area contributed by atoms with Gasteiger partial charge in [0, 0.05) is 5.75 Å². The molecule has 1 heterocycles. The highest BCUT2D eigenvalue weighted by Gasteiger charge is 2.44. The van der Waals surface area contributed by atoms with Gasteiger partial charge in [-0.3, -0.25) is 4.79 Å². The van der Waals surface area contributed by atoms with E-state index in [9.17, 15) is 14.7 Å². The fourth-order valence-corrected chi connectivity index (χ4v) is 3.66. The third-order valence-electron chi connectivity index (χ3n) is 3.69. The molecule has 6 heteroatoms. The minimum atomic E-state index is -0.944. The average Bonchev–Trinajstić information content (AvgIpc) is 2.80. The van der Waals surface area contributed by atoms with Crippen LogP contribution >= 0.6 is 11.8 Å². The summed E-state index contributed by atoms with van der Waals surface area (Å²) in [5.41, 5.74) is 5.98. The van der Waals surface area contributed by atoms with Gasteiger partial charge in [-0.05, 0) is 11.8 Å². The lowest BCUT2D eigenvalue weighted by Gasteiger charge is -2.33. The molecule has 4 atom stereocenters. The number of rotatable bonds is 5. The molecule has 5 nitrogen and oxygen atoms in total. The minimum absolute atomic E-state index is 0.0559. The molecule has 110 valence electrons. The zero-order valence-corrected chi connectivity index (χ0v) is 12.8. The lowest BCUT2D eigenvalue weighted by molar-refractivity contribution is -0.150. The van der Waals surface area contributed by atoms with Crippen LogP contribution in [-0.2, 0) is 9.59 Å². The Hall–Kier alpha value is -0.750. The first-order valence-corrected chi connectivity index (χ1v) is 7.78. The van der Waals surface area contributed by atoms with Crippen molar-refractivity contribution in [1.82, 2.24) is 4.90 Å². The normalized spacial score (nSPS) is 26.5. The van der Waals surface area contributed by atoms with Crippen LogP contribution in [0.4, 0.5) is 0 Å². The van der Waals surface area contributed by atoms with Crippen molar-refractivity contribution in [1.29, 1.82) is 0 Å². The summed E-state index contributed by atoms with van der Waals surface area (Å²) in [4.78, 5) is 25.3. The van der Waals surface area contributed by atoms with Crippen LogP contribution in [0, 0.1) is 11.8 Å². The van der Waals surface area contributed by atoms with Gasteiger partial charge in [0.05, 0.1) is 11.4 Å². The van der Waals surface area contributed by atoms with Crippen LogP contribution in [0.3, 0.4) is 0 Å². The molecule has 1 rings (SSSR count). The van der Waals surface area contributed by atoms with Gasteiger partial charge in [-0.2, -0.15) is 0 Å². The maximum atomic E-state index is 12.5. The number of carboxylic acids is 1. The van der Waals surface area contributed by atoms with Gasteiger partial charge in [0.2, 0.25) is 5.91 Å². The number of nitrogens with zero attached hydrogens (tertiary/aromatic N) is 1. The molecule has 1 saturated heterocycles. The number of thioether (sulfide) groups is 1. The Morgan fingerprint density at radius 1 is 1.42 bits per heavy atom. The third kappa shape index (κ3) is 3.42. The van der Waals surface area contributed by atoms with E-state index in [2.05, 4.69) is 0 Å². The van der Waals surface area contributed by atoms with E-state index in [0.29, 0.717) is 5.75 Å². The van der Waals surface area contributed by atoms with Crippen molar-refractivity contribution in [3.8, 4) is 0 Å². The highest BCUT2D eigenvalue weighted by molar-refractivity contribution is 8.00. The number of carbonyl (C=O) groups excluding carboxylic acids is 1. The standard InChI is InChI=1S/C13H24N2O3S/c1-5-8(4)10(14)11(16)15-9(13(17)18)6-19-12(15)7(2)3/h7-10,12H,5-6,14H2,1-4H3,(H,17,18)/t8?,9?,10-,12?/m0/s1. The van der Waals surface area contributed by atoms with Crippen molar-refractivity contribution in [3.63, 3.8) is 0 Å².